The quantitative estimate of drug-likeness (QED) is 0.574. The lowest BCUT2D eigenvalue weighted by atomic mass is 9.57. The summed E-state index contributed by atoms with van der Waals surface area (Å²) in [5.74, 6) is 0.518. The van der Waals surface area contributed by atoms with Gasteiger partial charge in [0.2, 0.25) is 0 Å². The van der Waals surface area contributed by atoms with Crippen LogP contribution in [0.3, 0.4) is 0 Å². The van der Waals surface area contributed by atoms with Gasteiger partial charge in [0.05, 0.1) is 0 Å². The summed E-state index contributed by atoms with van der Waals surface area (Å²) >= 11 is 0. The standard InChI is InChI=1S/C19H27BF3O/c1-2-15-13-18(24-19(21,22)23)12-11-16(15)14-20-17-9-7-5-3-4-6-8-10-17/h11-13,17H,2-10,14H2,1H3. The first kappa shape index (κ1) is 19.2. The first-order valence-electron chi connectivity index (χ1n) is 9.19. The van der Waals surface area contributed by atoms with E-state index < -0.39 is 6.36 Å². The SMILES string of the molecule is CCc1cc(OC(F)(F)F)ccc1C[B]C1CCCCCCCC1. The lowest BCUT2D eigenvalue weighted by molar-refractivity contribution is -0.274. The molecule has 24 heavy (non-hydrogen) atoms. The molecular weight excluding hydrogens is 312 g/mol. The predicted molar refractivity (Wildman–Crippen MR) is 92.6 cm³/mol. The molecule has 0 atom stereocenters. The van der Waals surface area contributed by atoms with Crippen molar-refractivity contribution in [1.29, 1.82) is 0 Å². The predicted octanol–water partition coefficient (Wildman–Crippen LogP) is 6.27. The van der Waals surface area contributed by atoms with Gasteiger partial charge in [0.15, 0.2) is 0 Å². The van der Waals surface area contributed by atoms with E-state index in [4.69, 9.17) is 0 Å². The third-order valence-electron chi connectivity index (χ3n) is 4.86. The second-order valence-corrected chi connectivity index (χ2v) is 6.73. The minimum atomic E-state index is -4.63. The molecule has 0 aromatic heterocycles. The maximum absolute atomic E-state index is 12.3. The van der Waals surface area contributed by atoms with E-state index in [9.17, 15) is 13.2 Å². The molecule has 0 bridgehead atoms. The fourth-order valence-electron chi connectivity index (χ4n) is 3.52. The molecule has 1 saturated carbocycles. The van der Waals surface area contributed by atoms with Gasteiger partial charge in [-0.05, 0) is 24.1 Å². The molecule has 0 saturated heterocycles. The van der Waals surface area contributed by atoms with Gasteiger partial charge < -0.3 is 4.74 Å². The van der Waals surface area contributed by atoms with Crippen molar-refractivity contribution in [3.8, 4) is 5.75 Å². The Morgan fingerprint density at radius 2 is 1.62 bits per heavy atom. The molecule has 0 spiro atoms. The van der Waals surface area contributed by atoms with Crippen LogP contribution in [0.2, 0.25) is 5.82 Å². The zero-order valence-corrected chi connectivity index (χ0v) is 14.5. The van der Waals surface area contributed by atoms with E-state index in [1.54, 1.807) is 6.07 Å². The Labute approximate surface area is 144 Å². The van der Waals surface area contributed by atoms with Crippen LogP contribution in [0.1, 0.15) is 69.4 Å². The van der Waals surface area contributed by atoms with E-state index in [-0.39, 0.29) is 5.75 Å². The van der Waals surface area contributed by atoms with Crippen molar-refractivity contribution in [2.75, 3.05) is 0 Å². The Kier molecular flexibility index (Phi) is 7.51. The number of ether oxygens (including phenoxy) is 1. The summed E-state index contributed by atoms with van der Waals surface area (Å²) in [4.78, 5) is 0. The van der Waals surface area contributed by atoms with Gasteiger partial charge in [-0.2, -0.15) is 0 Å². The Morgan fingerprint density at radius 1 is 1.00 bits per heavy atom. The Bertz CT molecular complexity index is 492. The molecule has 1 aliphatic carbocycles. The maximum Gasteiger partial charge on any atom is 0.573 e. The molecule has 0 N–H and O–H groups in total. The fourth-order valence-corrected chi connectivity index (χ4v) is 3.52. The van der Waals surface area contributed by atoms with Gasteiger partial charge in [-0.15, -0.1) is 13.2 Å². The fraction of sp³-hybridized carbons (Fsp3) is 0.684. The van der Waals surface area contributed by atoms with Crippen LogP contribution >= 0.6 is 0 Å². The Balaban J connectivity index is 1.95. The van der Waals surface area contributed by atoms with Crippen LogP contribution in [0.5, 0.6) is 5.75 Å². The highest BCUT2D eigenvalue weighted by atomic mass is 19.4. The molecule has 1 fully saturated rings. The normalized spacial score (nSPS) is 17.7. The van der Waals surface area contributed by atoms with Gasteiger partial charge >= 0.3 is 6.36 Å². The van der Waals surface area contributed by atoms with Crippen molar-refractivity contribution in [3.63, 3.8) is 0 Å². The monoisotopic (exact) mass is 339 g/mol. The Hall–Kier alpha value is -1.13. The van der Waals surface area contributed by atoms with Gasteiger partial charge in [0.1, 0.15) is 13.0 Å². The summed E-state index contributed by atoms with van der Waals surface area (Å²) in [7, 11) is 2.38. The second-order valence-electron chi connectivity index (χ2n) is 6.73. The number of hydrogen-bond donors (Lipinski definition) is 0. The number of halogens is 3. The topological polar surface area (TPSA) is 9.23 Å². The summed E-state index contributed by atoms with van der Waals surface area (Å²) < 4.78 is 41.1. The van der Waals surface area contributed by atoms with Crippen LogP contribution < -0.4 is 4.74 Å². The van der Waals surface area contributed by atoms with Crippen molar-refractivity contribution in [2.24, 2.45) is 0 Å². The number of hydrogen-bond acceptors (Lipinski definition) is 1. The Morgan fingerprint density at radius 3 is 2.21 bits per heavy atom. The molecule has 0 amide bonds. The molecule has 1 aromatic carbocycles. The van der Waals surface area contributed by atoms with Gasteiger partial charge in [0, 0.05) is 0 Å². The summed E-state index contributed by atoms with van der Waals surface area (Å²) in [5.41, 5.74) is 2.06. The van der Waals surface area contributed by atoms with Crippen LogP contribution in [0.25, 0.3) is 0 Å². The molecule has 0 heterocycles. The summed E-state index contributed by atoms with van der Waals surface area (Å²) in [6, 6.07) is 4.74. The number of alkyl halides is 3. The first-order chi connectivity index (χ1) is 11.5. The van der Waals surface area contributed by atoms with Crippen LogP contribution in [0.4, 0.5) is 13.2 Å². The van der Waals surface area contributed by atoms with Crippen molar-refractivity contribution in [3.05, 3.63) is 29.3 Å². The van der Waals surface area contributed by atoms with Gasteiger partial charge in [-0.1, -0.05) is 82.1 Å². The van der Waals surface area contributed by atoms with Gasteiger partial charge in [-0.25, -0.2) is 0 Å². The van der Waals surface area contributed by atoms with Crippen LogP contribution in [-0.2, 0) is 12.7 Å². The van der Waals surface area contributed by atoms with Gasteiger partial charge in [0.25, 0.3) is 0 Å². The van der Waals surface area contributed by atoms with Crippen molar-refractivity contribution in [1.82, 2.24) is 0 Å². The third kappa shape index (κ3) is 6.78. The highest BCUT2D eigenvalue weighted by Gasteiger charge is 2.31. The zero-order valence-electron chi connectivity index (χ0n) is 14.5. The van der Waals surface area contributed by atoms with Crippen molar-refractivity contribution < 1.29 is 17.9 Å². The highest BCUT2D eigenvalue weighted by Crippen LogP contribution is 2.28. The minimum Gasteiger partial charge on any atom is -0.406 e. The van der Waals surface area contributed by atoms with Crippen molar-refractivity contribution in [2.45, 2.75) is 83.2 Å². The van der Waals surface area contributed by atoms with Crippen LogP contribution in [0, 0.1) is 0 Å². The average molecular weight is 339 g/mol. The molecule has 5 heteroatoms. The van der Waals surface area contributed by atoms with Crippen LogP contribution in [0.15, 0.2) is 18.2 Å². The first-order valence-corrected chi connectivity index (χ1v) is 9.19. The molecule has 2 rings (SSSR count). The third-order valence-corrected chi connectivity index (χ3v) is 4.86. The van der Waals surface area contributed by atoms with E-state index in [2.05, 4.69) is 12.0 Å². The molecule has 133 valence electrons. The van der Waals surface area contributed by atoms with E-state index in [0.29, 0.717) is 12.2 Å². The summed E-state index contributed by atoms with van der Waals surface area (Å²) in [6.45, 7) is 1.97. The zero-order chi connectivity index (χ0) is 17.4. The highest BCUT2D eigenvalue weighted by molar-refractivity contribution is 6.37. The lowest BCUT2D eigenvalue weighted by Gasteiger charge is -2.17. The minimum absolute atomic E-state index is 0.120. The molecule has 1 nitrogen and oxygen atoms in total. The summed E-state index contributed by atoms with van der Waals surface area (Å²) in [6.07, 6.45) is 7.36. The van der Waals surface area contributed by atoms with E-state index in [0.717, 1.165) is 17.4 Å². The molecule has 1 aliphatic rings. The number of benzene rings is 1. The van der Waals surface area contributed by atoms with Crippen LogP contribution in [-0.4, -0.2) is 13.6 Å². The lowest BCUT2D eigenvalue weighted by Crippen LogP contribution is -2.17. The maximum atomic E-state index is 12.3. The molecule has 1 radical (unpaired) electrons. The van der Waals surface area contributed by atoms with Gasteiger partial charge in [-0.3, -0.25) is 0 Å². The molecular formula is C19H27BF3O. The van der Waals surface area contributed by atoms with E-state index >= 15 is 0 Å². The molecule has 0 aliphatic heterocycles. The smallest absolute Gasteiger partial charge is 0.406 e. The molecule has 0 unspecified atom stereocenters. The number of aryl methyl sites for hydroxylation is 1. The van der Waals surface area contributed by atoms with Crippen molar-refractivity contribution >= 4 is 7.28 Å². The van der Waals surface area contributed by atoms with E-state index in [1.807, 2.05) is 6.92 Å². The summed E-state index contributed by atoms with van der Waals surface area (Å²) in [5, 5.41) is 0. The number of rotatable bonds is 5. The van der Waals surface area contributed by atoms with E-state index in [1.165, 1.54) is 63.5 Å². The second kappa shape index (κ2) is 9.38. The molecule has 1 aromatic rings. The average Bonchev–Trinajstić information content (AvgIpc) is 2.65. The largest absolute Gasteiger partial charge is 0.573 e.